The van der Waals surface area contributed by atoms with Crippen LogP contribution in [0.25, 0.3) is 0 Å². The molecule has 0 unspecified atom stereocenters. The van der Waals surface area contributed by atoms with Crippen LogP contribution in [0, 0.1) is 0 Å². The van der Waals surface area contributed by atoms with Crippen molar-refractivity contribution >= 4 is 17.3 Å². The van der Waals surface area contributed by atoms with Crippen LogP contribution >= 0.6 is 11.6 Å². The second kappa shape index (κ2) is 4.38. The summed E-state index contributed by atoms with van der Waals surface area (Å²) in [5, 5.41) is 3.13. The van der Waals surface area contributed by atoms with Gasteiger partial charge in [0.05, 0.1) is 5.56 Å². The quantitative estimate of drug-likeness (QED) is 0.884. The second-order valence-electron chi connectivity index (χ2n) is 4.05. The number of nitrogens with one attached hydrogen (secondary N) is 1. The molecule has 1 aromatic rings. The summed E-state index contributed by atoms with van der Waals surface area (Å²) in [5.74, 6) is 0. The van der Waals surface area contributed by atoms with E-state index in [-0.39, 0.29) is 16.8 Å². The molecule has 6 heteroatoms. The lowest BCUT2D eigenvalue weighted by molar-refractivity contribution is -0.137. The molecular formula is C11H12ClF3N2. The number of benzene rings is 1. The fraction of sp³-hybridized carbons (Fsp3) is 0.455. The lowest BCUT2D eigenvalue weighted by Crippen LogP contribution is -2.57. The molecule has 94 valence electrons. The van der Waals surface area contributed by atoms with Crippen LogP contribution in [-0.4, -0.2) is 26.2 Å². The summed E-state index contributed by atoms with van der Waals surface area (Å²) in [6, 6.07) is 4.14. The van der Waals surface area contributed by atoms with E-state index in [0.717, 1.165) is 6.07 Å². The second-order valence-corrected chi connectivity index (χ2v) is 4.49. The van der Waals surface area contributed by atoms with Crippen LogP contribution in [0.2, 0.25) is 5.02 Å². The summed E-state index contributed by atoms with van der Waals surface area (Å²) in [6.45, 7) is 1.17. The molecule has 1 aliphatic heterocycles. The minimum absolute atomic E-state index is 0.103. The highest BCUT2D eigenvalue weighted by atomic mass is 35.5. The molecule has 0 aliphatic carbocycles. The summed E-state index contributed by atoms with van der Waals surface area (Å²) in [5.41, 5.74) is -0.465. The highest BCUT2D eigenvalue weighted by molar-refractivity contribution is 6.30. The van der Waals surface area contributed by atoms with Crippen molar-refractivity contribution in [1.29, 1.82) is 0 Å². The van der Waals surface area contributed by atoms with Gasteiger partial charge in [-0.15, -0.1) is 0 Å². The van der Waals surface area contributed by atoms with Gasteiger partial charge >= 0.3 is 6.18 Å². The zero-order valence-electron chi connectivity index (χ0n) is 9.18. The van der Waals surface area contributed by atoms with Gasteiger partial charge in [0, 0.05) is 29.8 Å². The number of hydrogen-bond donors (Lipinski definition) is 1. The van der Waals surface area contributed by atoms with E-state index in [0.29, 0.717) is 13.1 Å². The molecule has 0 aromatic heterocycles. The van der Waals surface area contributed by atoms with Crippen LogP contribution in [-0.2, 0) is 6.18 Å². The van der Waals surface area contributed by atoms with Crippen molar-refractivity contribution in [2.24, 2.45) is 0 Å². The van der Waals surface area contributed by atoms with Crippen molar-refractivity contribution in [2.45, 2.75) is 12.2 Å². The summed E-state index contributed by atoms with van der Waals surface area (Å²) < 4.78 is 38.5. The van der Waals surface area contributed by atoms with Crippen molar-refractivity contribution in [3.05, 3.63) is 28.8 Å². The molecule has 1 heterocycles. The topological polar surface area (TPSA) is 15.3 Å². The Labute approximate surface area is 102 Å². The van der Waals surface area contributed by atoms with E-state index in [2.05, 4.69) is 5.32 Å². The normalized spacial score (nSPS) is 17.1. The van der Waals surface area contributed by atoms with Crippen LogP contribution in [0.15, 0.2) is 18.2 Å². The highest BCUT2D eigenvalue weighted by Crippen LogP contribution is 2.39. The van der Waals surface area contributed by atoms with Crippen LogP contribution in [0.3, 0.4) is 0 Å². The van der Waals surface area contributed by atoms with Gasteiger partial charge < -0.3 is 10.2 Å². The zero-order valence-corrected chi connectivity index (χ0v) is 9.94. The molecule has 1 aromatic carbocycles. The van der Waals surface area contributed by atoms with E-state index in [1.165, 1.54) is 12.1 Å². The Morgan fingerprint density at radius 1 is 1.35 bits per heavy atom. The summed E-state index contributed by atoms with van der Waals surface area (Å²) in [7, 11) is 1.80. The SMILES string of the molecule is CNC1CN(c2ccc(Cl)cc2C(F)(F)F)C1. The number of likely N-dealkylation sites (N-methyl/N-ethyl adjacent to an activating group) is 1. The van der Waals surface area contributed by atoms with E-state index in [1.807, 2.05) is 0 Å². The summed E-state index contributed by atoms with van der Waals surface area (Å²) >= 11 is 5.61. The lowest BCUT2D eigenvalue weighted by Gasteiger charge is -2.42. The first-order chi connectivity index (χ1) is 7.91. The predicted molar refractivity (Wildman–Crippen MR) is 61.5 cm³/mol. The predicted octanol–water partition coefficient (Wildman–Crippen LogP) is 2.77. The van der Waals surface area contributed by atoms with Gasteiger partial charge in [0.1, 0.15) is 0 Å². The van der Waals surface area contributed by atoms with Gasteiger partial charge in [-0.1, -0.05) is 11.6 Å². The van der Waals surface area contributed by atoms with E-state index < -0.39 is 11.7 Å². The van der Waals surface area contributed by atoms with Crippen molar-refractivity contribution in [3.8, 4) is 0 Å². The van der Waals surface area contributed by atoms with Gasteiger partial charge in [-0.25, -0.2) is 0 Å². The maximum atomic E-state index is 12.8. The molecule has 0 spiro atoms. The molecule has 17 heavy (non-hydrogen) atoms. The third-order valence-corrected chi connectivity index (χ3v) is 3.13. The standard InChI is InChI=1S/C11H12ClF3N2/c1-16-8-5-17(6-8)10-3-2-7(12)4-9(10)11(13,14)15/h2-4,8,16H,5-6H2,1H3. The molecule has 2 nitrogen and oxygen atoms in total. The molecule has 1 fully saturated rings. The van der Waals surface area contributed by atoms with Crippen molar-refractivity contribution < 1.29 is 13.2 Å². The first-order valence-electron chi connectivity index (χ1n) is 5.21. The van der Waals surface area contributed by atoms with E-state index >= 15 is 0 Å². The largest absolute Gasteiger partial charge is 0.418 e. The number of halogens is 4. The molecular weight excluding hydrogens is 253 g/mol. The molecule has 0 saturated carbocycles. The first-order valence-corrected chi connectivity index (χ1v) is 5.58. The van der Waals surface area contributed by atoms with Crippen molar-refractivity contribution in [2.75, 3.05) is 25.0 Å². The van der Waals surface area contributed by atoms with Gasteiger partial charge in [-0.05, 0) is 25.2 Å². The number of nitrogens with zero attached hydrogens (tertiary/aromatic N) is 1. The molecule has 1 saturated heterocycles. The van der Waals surface area contributed by atoms with Crippen LogP contribution in [0.5, 0.6) is 0 Å². The highest BCUT2D eigenvalue weighted by Gasteiger charge is 2.37. The fourth-order valence-corrected chi connectivity index (χ4v) is 2.04. The minimum Gasteiger partial charge on any atom is -0.368 e. The number of rotatable bonds is 2. The average Bonchev–Trinajstić information content (AvgIpc) is 2.17. The van der Waals surface area contributed by atoms with E-state index in [4.69, 9.17) is 11.6 Å². The maximum absolute atomic E-state index is 12.8. The van der Waals surface area contributed by atoms with E-state index in [1.54, 1.807) is 11.9 Å². The van der Waals surface area contributed by atoms with Crippen molar-refractivity contribution in [1.82, 2.24) is 5.32 Å². The molecule has 0 atom stereocenters. The Kier molecular flexibility index (Phi) is 3.23. The van der Waals surface area contributed by atoms with Gasteiger partial charge in [0.2, 0.25) is 0 Å². The average molecular weight is 265 g/mol. The molecule has 0 radical (unpaired) electrons. The molecule has 2 rings (SSSR count). The van der Waals surface area contributed by atoms with E-state index in [9.17, 15) is 13.2 Å². The molecule has 0 bridgehead atoms. The first kappa shape index (κ1) is 12.5. The van der Waals surface area contributed by atoms with Crippen LogP contribution < -0.4 is 10.2 Å². The fourth-order valence-electron chi connectivity index (χ4n) is 1.87. The van der Waals surface area contributed by atoms with Crippen LogP contribution in [0.4, 0.5) is 18.9 Å². The smallest absolute Gasteiger partial charge is 0.368 e. The van der Waals surface area contributed by atoms with Crippen molar-refractivity contribution in [3.63, 3.8) is 0 Å². The molecule has 0 amide bonds. The summed E-state index contributed by atoms with van der Waals surface area (Å²) in [6.07, 6.45) is -4.37. The zero-order chi connectivity index (χ0) is 12.6. The number of anilines is 1. The Bertz CT molecular complexity index is 414. The van der Waals surface area contributed by atoms with Gasteiger partial charge in [-0.3, -0.25) is 0 Å². The van der Waals surface area contributed by atoms with Gasteiger partial charge in [0.25, 0.3) is 0 Å². The number of alkyl halides is 3. The van der Waals surface area contributed by atoms with Crippen LogP contribution in [0.1, 0.15) is 5.56 Å². The monoisotopic (exact) mass is 264 g/mol. The Morgan fingerprint density at radius 3 is 2.53 bits per heavy atom. The van der Waals surface area contributed by atoms with Gasteiger partial charge in [0.15, 0.2) is 0 Å². The third-order valence-electron chi connectivity index (χ3n) is 2.89. The Balaban J connectivity index is 2.28. The number of hydrogen-bond acceptors (Lipinski definition) is 2. The Hall–Kier alpha value is -0.940. The molecule has 1 aliphatic rings. The van der Waals surface area contributed by atoms with Gasteiger partial charge in [-0.2, -0.15) is 13.2 Å². The Morgan fingerprint density at radius 2 is 2.00 bits per heavy atom. The lowest BCUT2D eigenvalue weighted by atomic mass is 10.0. The third kappa shape index (κ3) is 2.50. The molecule has 1 N–H and O–H groups in total. The maximum Gasteiger partial charge on any atom is 0.418 e. The summed E-state index contributed by atoms with van der Waals surface area (Å²) in [4.78, 5) is 1.69. The minimum atomic E-state index is -4.37.